The number of nitrogens with one attached hydrogen (secondary N) is 1. The van der Waals surface area contributed by atoms with Crippen LogP contribution in [-0.4, -0.2) is 5.91 Å². The van der Waals surface area contributed by atoms with Crippen LogP contribution in [0.1, 0.15) is 5.56 Å². The van der Waals surface area contributed by atoms with Crippen molar-refractivity contribution in [3.8, 4) is 6.07 Å². The summed E-state index contributed by atoms with van der Waals surface area (Å²) < 4.78 is 14.4. The maximum Gasteiger partial charge on any atom is 0.266 e. The molecule has 2 aromatic rings. The third-order valence-corrected chi connectivity index (χ3v) is 3.86. The van der Waals surface area contributed by atoms with Crippen LogP contribution in [0.5, 0.6) is 0 Å². The van der Waals surface area contributed by atoms with Gasteiger partial charge in [-0.2, -0.15) is 5.26 Å². The van der Waals surface area contributed by atoms with E-state index in [2.05, 4.69) is 21.2 Å². The van der Waals surface area contributed by atoms with Crippen LogP contribution >= 0.6 is 39.1 Å². The second kappa shape index (κ2) is 7.60. The van der Waals surface area contributed by atoms with Gasteiger partial charge < -0.3 is 5.32 Å². The number of rotatable bonds is 3. The van der Waals surface area contributed by atoms with E-state index in [1.54, 1.807) is 18.2 Å². The molecule has 0 saturated carbocycles. The lowest BCUT2D eigenvalue weighted by atomic mass is 10.1. The summed E-state index contributed by atoms with van der Waals surface area (Å²) in [6.45, 7) is 0. The van der Waals surface area contributed by atoms with E-state index >= 15 is 0 Å². The second-order valence-corrected chi connectivity index (χ2v) is 6.17. The Hall–Kier alpha value is -1.87. The Balaban J connectivity index is 2.30. The normalized spacial score (nSPS) is 11.0. The van der Waals surface area contributed by atoms with Crippen molar-refractivity contribution < 1.29 is 9.18 Å². The molecule has 0 fully saturated rings. The van der Waals surface area contributed by atoms with Gasteiger partial charge in [0.25, 0.3) is 5.91 Å². The highest BCUT2D eigenvalue weighted by Crippen LogP contribution is 2.26. The highest BCUT2D eigenvalue weighted by Gasteiger charge is 2.13. The molecule has 0 aromatic heterocycles. The Kier molecular flexibility index (Phi) is 5.78. The van der Waals surface area contributed by atoms with Crippen LogP contribution in [0, 0.1) is 17.1 Å². The Morgan fingerprint density at radius 1 is 1.26 bits per heavy atom. The zero-order valence-corrected chi connectivity index (χ0v) is 14.5. The number of hydrogen-bond donors (Lipinski definition) is 1. The van der Waals surface area contributed by atoms with Gasteiger partial charge in [0.15, 0.2) is 0 Å². The number of hydrogen-bond acceptors (Lipinski definition) is 2. The predicted octanol–water partition coefficient (Wildman–Crippen LogP) is 5.44. The average Bonchev–Trinajstić information content (AvgIpc) is 2.50. The number of nitrogens with zero attached hydrogens (tertiary/aromatic N) is 1. The number of halogens is 4. The summed E-state index contributed by atoms with van der Waals surface area (Å²) in [7, 11) is 0. The molecule has 1 N–H and O–H groups in total. The van der Waals surface area contributed by atoms with Gasteiger partial charge in [-0.25, -0.2) is 4.39 Å². The Morgan fingerprint density at radius 3 is 2.65 bits per heavy atom. The molecular weight excluding hydrogens is 406 g/mol. The Bertz CT molecular complexity index is 846. The third-order valence-electron chi connectivity index (χ3n) is 2.80. The lowest BCUT2D eigenvalue weighted by molar-refractivity contribution is -0.112. The van der Waals surface area contributed by atoms with E-state index in [1.807, 2.05) is 0 Å². The molecule has 0 spiro atoms. The largest absolute Gasteiger partial charge is 0.320 e. The molecule has 0 heterocycles. The van der Waals surface area contributed by atoms with Crippen molar-refractivity contribution in [2.45, 2.75) is 0 Å². The Labute approximate surface area is 150 Å². The van der Waals surface area contributed by atoms with Crippen LogP contribution in [0.15, 0.2) is 46.4 Å². The van der Waals surface area contributed by atoms with E-state index in [9.17, 15) is 9.18 Å². The van der Waals surface area contributed by atoms with E-state index in [0.29, 0.717) is 9.50 Å². The maximum atomic E-state index is 13.8. The van der Waals surface area contributed by atoms with Gasteiger partial charge in [0, 0.05) is 15.1 Å². The zero-order valence-electron chi connectivity index (χ0n) is 11.4. The number of anilines is 1. The number of carbonyl (C=O) groups excluding carboxylic acids is 1. The highest BCUT2D eigenvalue weighted by atomic mass is 79.9. The zero-order chi connectivity index (χ0) is 17.0. The molecule has 0 unspecified atom stereocenters. The van der Waals surface area contributed by atoms with Crippen molar-refractivity contribution in [3.05, 3.63) is 67.9 Å². The monoisotopic (exact) mass is 412 g/mol. The van der Waals surface area contributed by atoms with Crippen LogP contribution in [-0.2, 0) is 4.79 Å². The molecule has 2 aromatic carbocycles. The van der Waals surface area contributed by atoms with Gasteiger partial charge in [0.05, 0.1) is 10.7 Å². The van der Waals surface area contributed by atoms with Crippen molar-refractivity contribution in [1.29, 1.82) is 5.26 Å². The minimum absolute atomic E-state index is 0.122. The molecule has 2 rings (SSSR count). The van der Waals surface area contributed by atoms with Gasteiger partial charge in [-0.1, -0.05) is 45.2 Å². The quantitative estimate of drug-likeness (QED) is 0.537. The van der Waals surface area contributed by atoms with E-state index in [1.165, 1.54) is 24.3 Å². The molecule has 0 radical (unpaired) electrons. The SMILES string of the molecule is N#C/C(=C\c1ccc(Br)cc1F)C(=O)Nc1cc(Cl)ccc1Cl. The summed E-state index contributed by atoms with van der Waals surface area (Å²) in [6, 6.07) is 10.6. The van der Waals surface area contributed by atoms with Crippen LogP contribution in [0.25, 0.3) is 6.08 Å². The molecule has 3 nitrogen and oxygen atoms in total. The average molecular weight is 414 g/mol. The first-order valence-electron chi connectivity index (χ1n) is 6.24. The molecule has 0 aliphatic rings. The van der Waals surface area contributed by atoms with Gasteiger partial charge >= 0.3 is 0 Å². The van der Waals surface area contributed by atoms with E-state index < -0.39 is 11.7 Å². The summed E-state index contributed by atoms with van der Waals surface area (Å²) in [5.41, 5.74) is 0.126. The molecule has 116 valence electrons. The lowest BCUT2D eigenvalue weighted by Crippen LogP contribution is -2.13. The molecule has 23 heavy (non-hydrogen) atoms. The Morgan fingerprint density at radius 2 is 2.00 bits per heavy atom. The smallest absolute Gasteiger partial charge is 0.266 e. The van der Waals surface area contributed by atoms with Crippen molar-refractivity contribution in [3.63, 3.8) is 0 Å². The van der Waals surface area contributed by atoms with Crippen molar-refractivity contribution >= 4 is 56.8 Å². The minimum atomic E-state index is -0.709. The first-order valence-corrected chi connectivity index (χ1v) is 7.79. The van der Waals surface area contributed by atoms with Gasteiger partial charge in [-0.15, -0.1) is 0 Å². The summed E-state index contributed by atoms with van der Waals surface area (Å²) in [5.74, 6) is -1.26. The number of benzene rings is 2. The molecule has 0 aliphatic heterocycles. The number of amides is 1. The molecule has 0 bridgehead atoms. The van der Waals surface area contributed by atoms with Crippen LogP contribution < -0.4 is 5.32 Å². The van der Waals surface area contributed by atoms with Crippen LogP contribution in [0.3, 0.4) is 0 Å². The summed E-state index contributed by atoms with van der Waals surface area (Å²) >= 11 is 14.9. The van der Waals surface area contributed by atoms with Crippen LogP contribution in [0.2, 0.25) is 10.0 Å². The lowest BCUT2D eigenvalue weighted by Gasteiger charge is -2.07. The van der Waals surface area contributed by atoms with Crippen molar-refractivity contribution in [1.82, 2.24) is 0 Å². The number of carbonyl (C=O) groups is 1. The molecule has 0 saturated heterocycles. The highest BCUT2D eigenvalue weighted by molar-refractivity contribution is 9.10. The molecule has 1 amide bonds. The maximum absolute atomic E-state index is 13.8. The van der Waals surface area contributed by atoms with E-state index in [0.717, 1.165) is 6.08 Å². The first-order chi connectivity index (χ1) is 10.9. The van der Waals surface area contributed by atoms with Gasteiger partial charge in [0.1, 0.15) is 17.5 Å². The summed E-state index contributed by atoms with van der Waals surface area (Å²) in [6.07, 6.45) is 1.16. The summed E-state index contributed by atoms with van der Waals surface area (Å²) in [5, 5.41) is 12.3. The minimum Gasteiger partial charge on any atom is -0.320 e. The van der Waals surface area contributed by atoms with Gasteiger partial charge in [-0.05, 0) is 36.4 Å². The van der Waals surface area contributed by atoms with E-state index in [-0.39, 0.29) is 21.8 Å². The predicted molar refractivity (Wildman–Crippen MR) is 92.8 cm³/mol. The van der Waals surface area contributed by atoms with Gasteiger partial charge in [0.2, 0.25) is 0 Å². The molecular formula is C16H8BrCl2FN2O. The fourth-order valence-electron chi connectivity index (χ4n) is 1.71. The molecule has 7 heteroatoms. The van der Waals surface area contributed by atoms with E-state index in [4.69, 9.17) is 28.5 Å². The fraction of sp³-hybridized carbons (Fsp3) is 0. The third kappa shape index (κ3) is 4.55. The van der Waals surface area contributed by atoms with Gasteiger partial charge in [-0.3, -0.25) is 4.79 Å². The number of nitriles is 1. The second-order valence-electron chi connectivity index (χ2n) is 4.41. The van der Waals surface area contributed by atoms with Crippen LogP contribution in [0.4, 0.5) is 10.1 Å². The molecule has 0 aliphatic carbocycles. The first kappa shape index (κ1) is 17.5. The standard InChI is InChI=1S/C16H8BrCl2FN2O/c17-11-2-1-9(14(20)6-11)5-10(8-21)16(23)22-15-7-12(18)3-4-13(15)19/h1-7H,(H,22,23)/b10-5+. The van der Waals surface area contributed by atoms with Crippen molar-refractivity contribution in [2.24, 2.45) is 0 Å². The summed E-state index contributed by atoms with van der Waals surface area (Å²) in [4.78, 5) is 12.2. The van der Waals surface area contributed by atoms with Crippen molar-refractivity contribution in [2.75, 3.05) is 5.32 Å². The fourth-order valence-corrected chi connectivity index (χ4v) is 2.38. The molecule has 0 atom stereocenters. The topological polar surface area (TPSA) is 52.9 Å².